The summed E-state index contributed by atoms with van der Waals surface area (Å²) in [5.74, 6) is -0.195. The fraction of sp³-hybridized carbons (Fsp3) is 0.412. The number of carbonyl (C=O) groups excluding carboxylic acids is 2. The third-order valence-corrected chi connectivity index (χ3v) is 3.92. The van der Waals surface area contributed by atoms with Crippen molar-refractivity contribution in [2.24, 2.45) is 0 Å². The van der Waals surface area contributed by atoms with Crippen molar-refractivity contribution in [2.45, 2.75) is 32.4 Å². The molecule has 0 spiro atoms. The molecule has 0 saturated heterocycles. The highest BCUT2D eigenvalue weighted by Crippen LogP contribution is 2.29. The largest absolute Gasteiger partial charge is 0.467 e. The summed E-state index contributed by atoms with van der Waals surface area (Å²) in [4.78, 5) is 30.0. The summed E-state index contributed by atoms with van der Waals surface area (Å²) in [6.45, 7) is 5.48. The summed E-state index contributed by atoms with van der Waals surface area (Å²) < 4.78 is 11.9. The molecule has 1 atom stereocenters. The van der Waals surface area contributed by atoms with Gasteiger partial charge in [-0.15, -0.1) is 0 Å². The molecule has 3 rings (SSSR count). The highest BCUT2D eigenvalue weighted by molar-refractivity contribution is 5.90. The van der Waals surface area contributed by atoms with Crippen LogP contribution in [0.2, 0.25) is 0 Å². The third kappa shape index (κ3) is 3.19. The Bertz CT molecular complexity index is 896. The van der Waals surface area contributed by atoms with E-state index in [2.05, 4.69) is 10.1 Å². The second kappa shape index (κ2) is 6.32. The predicted octanol–water partition coefficient (Wildman–Crippen LogP) is 1.49. The minimum atomic E-state index is -0.866. The number of rotatable bonds is 2. The van der Waals surface area contributed by atoms with E-state index in [1.807, 2.05) is 6.07 Å². The van der Waals surface area contributed by atoms with Gasteiger partial charge in [-0.25, -0.2) is 19.1 Å². The van der Waals surface area contributed by atoms with Crippen LogP contribution in [-0.4, -0.2) is 56.9 Å². The lowest BCUT2D eigenvalue weighted by atomic mass is 10.2. The van der Waals surface area contributed by atoms with Crippen LogP contribution in [0.5, 0.6) is 0 Å². The molecule has 0 aliphatic carbocycles. The van der Waals surface area contributed by atoms with Gasteiger partial charge in [0.2, 0.25) is 0 Å². The molecule has 0 aromatic carbocycles. The Kier molecular flexibility index (Phi) is 4.31. The van der Waals surface area contributed by atoms with Crippen LogP contribution < -0.4 is 5.73 Å². The van der Waals surface area contributed by atoms with Gasteiger partial charge in [-0.3, -0.25) is 4.90 Å². The average Bonchev–Trinajstić information content (AvgIpc) is 3.17. The molecule has 0 fully saturated rings. The molecule has 2 aromatic heterocycles. The molecule has 1 unspecified atom stereocenters. The first-order valence-electron chi connectivity index (χ1n) is 8.08. The number of anilines is 1. The Morgan fingerprint density at radius 2 is 2.04 bits per heavy atom. The number of nitrogens with zero attached hydrogens (tertiary/aromatic N) is 4. The molecule has 26 heavy (non-hydrogen) atoms. The second-order valence-electron chi connectivity index (χ2n) is 6.93. The maximum atomic E-state index is 12.5. The summed E-state index contributed by atoms with van der Waals surface area (Å²) in [5, 5.41) is 4.20. The van der Waals surface area contributed by atoms with E-state index in [4.69, 9.17) is 15.2 Å². The quantitative estimate of drug-likeness (QED) is 0.808. The van der Waals surface area contributed by atoms with E-state index in [0.29, 0.717) is 17.0 Å². The first kappa shape index (κ1) is 17.7. The maximum absolute atomic E-state index is 12.5. The Hall–Kier alpha value is -3.10. The Balaban J connectivity index is 1.97. The highest BCUT2D eigenvalue weighted by Gasteiger charge is 2.38. The van der Waals surface area contributed by atoms with E-state index in [9.17, 15) is 9.59 Å². The van der Waals surface area contributed by atoms with Crippen molar-refractivity contribution in [3.63, 3.8) is 0 Å². The molecule has 1 aliphatic heterocycles. The number of methoxy groups -OCH3 is 1. The molecule has 0 radical (unpaired) electrons. The number of hydrogen-bond acceptors (Lipinski definition) is 7. The van der Waals surface area contributed by atoms with Crippen LogP contribution in [0.25, 0.3) is 11.1 Å². The maximum Gasteiger partial charge on any atom is 0.411 e. The molecule has 0 bridgehead atoms. The van der Waals surface area contributed by atoms with Crippen molar-refractivity contribution in [2.75, 3.05) is 19.4 Å². The number of amides is 1. The molecule has 2 N–H and O–H groups in total. The molecule has 9 nitrogen and oxygen atoms in total. The van der Waals surface area contributed by atoms with Gasteiger partial charge in [0.1, 0.15) is 17.4 Å². The first-order valence-corrected chi connectivity index (χ1v) is 8.08. The van der Waals surface area contributed by atoms with Crippen LogP contribution in [-0.2, 0) is 14.3 Å². The van der Waals surface area contributed by atoms with Crippen LogP contribution >= 0.6 is 0 Å². The predicted molar refractivity (Wildman–Crippen MR) is 94.1 cm³/mol. The van der Waals surface area contributed by atoms with Crippen molar-refractivity contribution >= 4 is 29.0 Å². The van der Waals surface area contributed by atoms with Gasteiger partial charge in [0.15, 0.2) is 11.9 Å². The summed E-state index contributed by atoms with van der Waals surface area (Å²) >= 11 is 0. The molecular formula is C17H21N5O4. The summed E-state index contributed by atoms with van der Waals surface area (Å²) in [6, 6.07) is 2.74. The number of fused-ring (bicyclic) bond motifs is 1. The summed E-state index contributed by atoms with van der Waals surface area (Å²) in [6.07, 6.45) is 2.44. The minimum absolute atomic E-state index is 0.185. The van der Waals surface area contributed by atoms with Crippen molar-refractivity contribution in [1.82, 2.24) is 19.5 Å². The van der Waals surface area contributed by atoms with Crippen molar-refractivity contribution in [3.8, 4) is 0 Å². The number of carbonyl (C=O) groups is 2. The molecule has 1 aliphatic rings. The van der Waals surface area contributed by atoms with E-state index >= 15 is 0 Å². The second-order valence-corrected chi connectivity index (χ2v) is 6.93. The van der Waals surface area contributed by atoms with Crippen LogP contribution in [0.3, 0.4) is 0 Å². The molecule has 0 saturated carbocycles. The van der Waals surface area contributed by atoms with Gasteiger partial charge in [0.25, 0.3) is 0 Å². The van der Waals surface area contributed by atoms with E-state index in [-0.39, 0.29) is 6.54 Å². The van der Waals surface area contributed by atoms with E-state index in [1.165, 1.54) is 18.3 Å². The zero-order valence-corrected chi connectivity index (χ0v) is 15.1. The fourth-order valence-electron chi connectivity index (χ4n) is 2.79. The van der Waals surface area contributed by atoms with Gasteiger partial charge in [-0.05, 0) is 44.6 Å². The van der Waals surface area contributed by atoms with E-state index < -0.39 is 23.7 Å². The average molecular weight is 359 g/mol. The number of ether oxygens (including phenoxy) is 2. The van der Waals surface area contributed by atoms with Crippen LogP contribution in [0.15, 0.2) is 24.5 Å². The standard InChI is InChI=1S/C17H21N5O4/c1-17(2,3)26-16(24)21-8-10(7-13(21)15(23)25-4)11-5-6-12-14(18)19-9-20-22(11)12/h5-7,9,13H,8H2,1-4H3,(H2,18,19,20). The Morgan fingerprint density at radius 1 is 1.31 bits per heavy atom. The first-order chi connectivity index (χ1) is 12.2. The van der Waals surface area contributed by atoms with Crippen LogP contribution in [0, 0.1) is 0 Å². The number of nitrogen functional groups attached to an aromatic ring is 1. The van der Waals surface area contributed by atoms with Gasteiger partial charge < -0.3 is 15.2 Å². The lowest BCUT2D eigenvalue weighted by Crippen LogP contribution is -2.44. The molecule has 1 amide bonds. The zero-order valence-electron chi connectivity index (χ0n) is 15.1. The van der Waals surface area contributed by atoms with Crippen LogP contribution in [0.4, 0.5) is 10.6 Å². The molecule has 3 heterocycles. The SMILES string of the molecule is COC(=O)C1C=C(c2ccc3c(N)ncnn23)CN1C(=O)OC(C)(C)C. The van der Waals surface area contributed by atoms with Gasteiger partial charge in [0.05, 0.1) is 19.3 Å². The van der Waals surface area contributed by atoms with Gasteiger partial charge in [-0.2, -0.15) is 5.10 Å². The zero-order chi connectivity index (χ0) is 19.1. The van der Waals surface area contributed by atoms with E-state index in [0.717, 1.165) is 5.57 Å². The molecular weight excluding hydrogens is 338 g/mol. The third-order valence-electron chi connectivity index (χ3n) is 3.92. The molecule has 138 valence electrons. The Morgan fingerprint density at radius 3 is 2.69 bits per heavy atom. The lowest BCUT2D eigenvalue weighted by Gasteiger charge is -2.27. The van der Waals surface area contributed by atoms with Gasteiger partial charge >= 0.3 is 12.1 Å². The fourth-order valence-corrected chi connectivity index (χ4v) is 2.79. The van der Waals surface area contributed by atoms with Gasteiger partial charge in [-0.1, -0.05) is 0 Å². The van der Waals surface area contributed by atoms with Gasteiger partial charge in [0, 0.05) is 0 Å². The summed E-state index contributed by atoms with van der Waals surface area (Å²) in [7, 11) is 1.28. The smallest absolute Gasteiger partial charge is 0.411 e. The normalized spacial score (nSPS) is 17.3. The summed E-state index contributed by atoms with van der Waals surface area (Å²) in [5.41, 5.74) is 7.29. The topological polar surface area (TPSA) is 112 Å². The lowest BCUT2D eigenvalue weighted by molar-refractivity contribution is -0.144. The monoisotopic (exact) mass is 359 g/mol. The van der Waals surface area contributed by atoms with E-state index in [1.54, 1.807) is 37.4 Å². The minimum Gasteiger partial charge on any atom is -0.467 e. The number of esters is 1. The van der Waals surface area contributed by atoms with Crippen molar-refractivity contribution < 1.29 is 19.1 Å². The number of nitrogens with two attached hydrogens (primary N) is 1. The Labute approximate surface area is 150 Å². The van der Waals surface area contributed by atoms with Crippen LogP contribution in [0.1, 0.15) is 26.5 Å². The molecule has 2 aromatic rings. The number of aromatic nitrogens is 3. The van der Waals surface area contributed by atoms with Crippen molar-refractivity contribution in [1.29, 1.82) is 0 Å². The molecule has 9 heteroatoms. The highest BCUT2D eigenvalue weighted by atomic mass is 16.6. The number of hydrogen-bond donors (Lipinski definition) is 1. The van der Waals surface area contributed by atoms with Crippen molar-refractivity contribution in [3.05, 3.63) is 30.2 Å².